The van der Waals surface area contributed by atoms with Gasteiger partial charge >= 0.3 is 0 Å². The number of amides is 2. The average molecular weight is 503 g/mol. The van der Waals surface area contributed by atoms with Gasteiger partial charge in [-0.3, -0.25) is 9.59 Å². The van der Waals surface area contributed by atoms with Gasteiger partial charge in [0.15, 0.2) is 0 Å². The molecule has 0 radical (unpaired) electrons. The molecule has 156 valence electrons. The van der Waals surface area contributed by atoms with Gasteiger partial charge in [-0.05, 0) is 93.2 Å². The summed E-state index contributed by atoms with van der Waals surface area (Å²) in [4.78, 5) is 26.3. The molecule has 2 N–H and O–H groups in total. The molecule has 0 atom stereocenters. The first-order valence-corrected chi connectivity index (χ1v) is 10.9. The van der Waals surface area contributed by atoms with Crippen LogP contribution in [-0.2, 0) is 4.79 Å². The van der Waals surface area contributed by atoms with Crippen molar-refractivity contribution in [3.8, 4) is 0 Å². The third kappa shape index (κ3) is 6.99. The van der Waals surface area contributed by atoms with E-state index in [1.54, 1.807) is 11.0 Å². The number of hydrogen-bond donors (Lipinski definition) is 2. The number of carbonyl (C=O) groups is 2. The Morgan fingerprint density at radius 3 is 2.39 bits per heavy atom. The molecule has 0 spiro atoms. The standard InChI is InChI=1S/C21H31FIN3O2/c1-21(2,3)26(4)19(27)13-24-18-7-5-14(6-8-18)12-25-20(28)15-9-16(22)11-17(23)10-15/h9-11,14,18,24H,5-8,12-13H2,1-4H3,(H,25,28)/t14-,18+. The summed E-state index contributed by atoms with van der Waals surface area (Å²) in [5.74, 6) is -0.0991. The highest BCUT2D eigenvalue weighted by molar-refractivity contribution is 14.1. The molecule has 1 fully saturated rings. The topological polar surface area (TPSA) is 61.4 Å². The minimum atomic E-state index is -0.393. The Kier molecular flexibility index (Phi) is 8.24. The molecular weight excluding hydrogens is 472 g/mol. The maximum atomic E-state index is 13.5. The molecular formula is C21H31FIN3O2. The summed E-state index contributed by atoms with van der Waals surface area (Å²) >= 11 is 2.00. The van der Waals surface area contributed by atoms with Crippen molar-refractivity contribution in [3.63, 3.8) is 0 Å². The minimum Gasteiger partial charge on any atom is -0.352 e. The van der Waals surface area contributed by atoms with E-state index in [0.717, 1.165) is 25.7 Å². The average Bonchev–Trinajstić information content (AvgIpc) is 2.62. The van der Waals surface area contributed by atoms with E-state index in [1.807, 2.05) is 50.4 Å². The highest BCUT2D eigenvalue weighted by Gasteiger charge is 2.25. The van der Waals surface area contributed by atoms with Crippen LogP contribution in [0.3, 0.4) is 0 Å². The summed E-state index contributed by atoms with van der Waals surface area (Å²) in [5, 5.41) is 6.31. The van der Waals surface area contributed by atoms with Crippen LogP contribution >= 0.6 is 22.6 Å². The van der Waals surface area contributed by atoms with E-state index in [9.17, 15) is 14.0 Å². The van der Waals surface area contributed by atoms with Crippen LogP contribution in [0.2, 0.25) is 0 Å². The van der Waals surface area contributed by atoms with Crippen LogP contribution in [0.25, 0.3) is 0 Å². The van der Waals surface area contributed by atoms with Crippen molar-refractivity contribution in [3.05, 3.63) is 33.1 Å². The fraction of sp³-hybridized carbons (Fsp3) is 0.619. The second-order valence-electron chi connectivity index (χ2n) is 8.59. The molecule has 28 heavy (non-hydrogen) atoms. The van der Waals surface area contributed by atoms with Gasteiger partial charge in [-0.15, -0.1) is 0 Å². The van der Waals surface area contributed by atoms with Gasteiger partial charge in [0, 0.05) is 34.3 Å². The molecule has 2 rings (SSSR count). The third-order valence-electron chi connectivity index (χ3n) is 5.45. The number of nitrogens with zero attached hydrogens (tertiary/aromatic N) is 1. The summed E-state index contributed by atoms with van der Waals surface area (Å²) < 4.78 is 14.2. The zero-order chi connectivity index (χ0) is 20.9. The zero-order valence-corrected chi connectivity index (χ0v) is 19.3. The molecule has 1 aliphatic carbocycles. The summed E-state index contributed by atoms with van der Waals surface area (Å²) in [6, 6.07) is 4.69. The predicted molar refractivity (Wildman–Crippen MR) is 118 cm³/mol. The molecule has 0 heterocycles. The maximum absolute atomic E-state index is 13.5. The Morgan fingerprint density at radius 2 is 1.82 bits per heavy atom. The first-order chi connectivity index (χ1) is 13.1. The molecule has 1 aliphatic rings. The number of rotatable bonds is 6. The number of nitrogens with one attached hydrogen (secondary N) is 2. The Labute approximate surface area is 181 Å². The number of benzene rings is 1. The largest absolute Gasteiger partial charge is 0.352 e. The number of halogens is 2. The highest BCUT2D eigenvalue weighted by Crippen LogP contribution is 2.24. The number of hydrogen-bond acceptors (Lipinski definition) is 3. The number of likely N-dealkylation sites (N-methyl/N-ethyl adjacent to an activating group) is 1. The van der Waals surface area contributed by atoms with Crippen LogP contribution in [0, 0.1) is 15.3 Å². The highest BCUT2D eigenvalue weighted by atomic mass is 127. The molecule has 5 nitrogen and oxygen atoms in total. The van der Waals surface area contributed by atoms with E-state index in [-0.39, 0.29) is 17.4 Å². The van der Waals surface area contributed by atoms with Gasteiger partial charge in [0.2, 0.25) is 5.91 Å². The Balaban J connectivity index is 1.71. The van der Waals surface area contributed by atoms with Crippen molar-refractivity contribution in [1.82, 2.24) is 15.5 Å². The summed E-state index contributed by atoms with van der Waals surface area (Å²) in [7, 11) is 1.84. The number of carbonyl (C=O) groups excluding carboxylic acids is 2. The van der Waals surface area contributed by atoms with E-state index in [4.69, 9.17) is 0 Å². The Bertz CT molecular complexity index is 677. The maximum Gasteiger partial charge on any atom is 0.251 e. The van der Waals surface area contributed by atoms with E-state index < -0.39 is 5.82 Å². The van der Waals surface area contributed by atoms with Gasteiger partial charge in [-0.25, -0.2) is 4.39 Å². The van der Waals surface area contributed by atoms with Gasteiger partial charge < -0.3 is 15.5 Å². The molecule has 2 amide bonds. The van der Waals surface area contributed by atoms with Crippen LogP contribution in [0.1, 0.15) is 56.8 Å². The second kappa shape index (κ2) is 10.0. The summed E-state index contributed by atoms with van der Waals surface area (Å²) in [6.45, 7) is 7.03. The summed E-state index contributed by atoms with van der Waals surface area (Å²) in [5.41, 5.74) is 0.190. The van der Waals surface area contributed by atoms with E-state index in [1.165, 1.54) is 12.1 Å². The lowest BCUT2D eigenvalue weighted by Crippen LogP contribution is -2.48. The third-order valence-corrected chi connectivity index (χ3v) is 6.07. The van der Waals surface area contributed by atoms with Gasteiger partial charge in [0.05, 0.1) is 6.54 Å². The fourth-order valence-electron chi connectivity index (χ4n) is 3.32. The fourth-order valence-corrected chi connectivity index (χ4v) is 3.95. The van der Waals surface area contributed by atoms with E-state index in [2.05, 4.69) is 10.6 Å². The lowest BCUT2D eigenvalue weighted by atomic mass is 9.86. The summed E-state index contributed by atoms with van der Waals surface area (Å²) in [6.07, 6.45) is 3.99. The Morgan fingerprint density at radius 1 is 1.18 bits per heavy atom. The van der Waals surface area contributed by atoms with Crippen molar-refractivity contribution in [2.24, 2.45) is 5.92 Å². The second-order valence-corrected chi connectivity index (χ2v) is 9.84. The van der Waals surface area contributed by atoms with Crippen LogP contribution < -0.4 is 10.6 Å². The molecule has 1 aromatic rings. The first-order valence-electron chi connectivity index (χ1n) is 9.80. The molecule has 0 saturated heterocycles. The van der Waals surface area contributed by atoms with Gasteiger partial charge in [-0.1, -0.05) is 0 Å². The van der Waals surface area contributed by atoms with Crippen LogP contribution in [0.4, 0.5) is 4.39 Å². The van der Waals surface area contributed by atoms with Crippen LogP contribution in [0.15, 0.2) is 18.2 Å². The van der Waals surface area contributed by atoms with Gasteiger partial charge in [0.1, 0.15) is 5.82 Å². The SMILES string of the molecule is CN(C(=O)CN[C@H]1CC[C@@H](CNC(=O)c2cc(F)cc(I)c2)CC1)C(C)(C)C. The quantitative estimate of drug-likeness (QED) is 0.584. The minimum absolute atomic E-state index is 0.103. The van der Waals surface area contributed by atoms with E-state index >= 15 is 0 Å². The zero-order valence-electron chi connectivity index (χ0n) is 17.1. The van der Waals surface area contributed by atoms with Crippen LogP contribution in [-0.4, -0.2) is 48.4 Å². The van der Waals surface area contributed by atoms with Crippen molar-refractivity contribution in [2.45, 2.75) is 58.0 Å². The smallest absolute Gasteiger partial charge is 0.251 e. The molecule has 1 saturated carbocycles. The van der Waals surface area contributed by atoms with Crippen molar-refractivity contribution < 1.29 is 14.0 Å². The van der Waals surface area contributed by atoms with Gasteiger partial charge in [0.25, 0.3) is 5.91 Å². The first kappa shape index (κ1) is 23.1. The molecule has 0 aromatic heterocycles. The van der Waals surface area contributed by atoms with Crippen molar-refractivity contribution >= 4 is 34.4 Å². The van der Waals surface area contributed by atoms with E-state index in [0.29, 0.717) is 34.2 Å². The predicted octanol–water partition coefficient (Wildman–Crippen LogP) is 3.57. The lowest BCUT2D eigenvalue weighted by Gasteiger charge is -2.33. The normalized spacial score (nSPS) is 19.9. The van der Waals surface area contributed by atoms with Gasteiger partial charge in [-0.2, -0.15) is 0 Å². The van der Waals surface area contributed by atoms with Crippen molar-refractivity contribution in [2.75, 3.05) is 20.1 Å². The molecule has 7 heteroatoms. The Hall–Kier alpha value is -1.22. The van der Waals surface area contributed by atoms with Crippen LogP contribution in [0.5, 0.6) is 0 Å². The van der Waals surface area contributed by atoms with Crippen molar-refractivity contribution in [1.29, 1.82) is 0 Å². The monoisotopic (exact) mass is 503 g/mol. The lowest BCUT2D eigenvalue weighted by molar-refractivity contribution is -0.133. The molecule has 0 unspecified atom stereocenters. The molecule has 0 aliphatic heterocycles. The molecule has 1 aromatic carbocycles. The molecule has 0 bridgehead atoms.